The first-order valence-electron chi connectivity index (χ1n) is 7.12. The van der Waals surface area contributed by atoms with Crippen molar-refractivity contribution in [3.05, 3.63) is 60.1 Å². The van der Waals surface area contributed by atoms with E-state index < -0.39 is 0 Å². The van der Waals surface area contributed by atoms with Crippen LogP contribution in [0, 0.1) is 17.2 Å². The van der Waals surface area contributed by atoms with Crippen molar-refractivity contribution >= 4 is 0 Å². The molecule has 1 aromatic carbocycles. The SMILES string of the molecule is N#CC1CCCC1NC(c1ccccc1)c1ccco1. The molecule has 1 aliphatic rings. The second kappa shape index (κ2) is 5.94. The van der Waals surface area contributed by atoms with E-state index in [1.165, 1.54) is 5.56 Å². The normalized spacial score (nSPS) is 23.4. The summed E-state index contributed by atoms with van der Waals surface area (Å²) >= 11 is 0. The van der Waals surface area contributed by atoms with Gasteiger partial charge in [-0.3, -0.25) is 5.32 Å². The molecule has 0 amide bonds. The van der Waals surface area contributed by atoms with Crippen LogP contribution in [0.2, 0.25) is 0 Å². The number of benzene rings is 1. The maximum absolute atomic E-state index is 9.24. The minimum Gasteiger partial charge on any atom is -0.467 e. The van der Waals surface area contributed by atoms with Crippen molar-refractivity contribution in [3.63, 3.8) is 0 Å². The van der Waals surface area contributed by atoms with Gasteiger partial charge in [0.25, 0.3) is 0 Å². The summed E-state index contributed by atoms with van der Waals surface area (Å²) in [5.41, 5.74) is 1.17. The van der Waals surface area contributed by atoms with Crippen LogP contribution in [0.4, 0.5) is 0 Å². The van der Waals surface area contributed by atoms with Gasteiger partial charge >= 0.3 is 0 Å². The third-order valence-electron chi connectivity index (χ3n) is 4.02. The van der Waals surface area contributed by atoms with E-state index >= 15 is 0 Å². The molecule has 0 saturated heterocycles. The number of hydrogen-bond acceptors (Lipinski definition) is 3. The minimum absolute atomic E-state index is 0.0187. The van der Waals surface area contributed by atoms with Crippen LogP contribution >= 0.6 is 0 Å². The Bertz CT molecular complexity index is 571. The molecule has 0 bridgehead atoms. The summed E-state index contributed by atoms with van der Waals surface area (Å²) in [6.45, 7) is 0. The number of rotatable bonds is 4. The molecule has 1 aromatic heterocycles. The van der Waals surface area contributed by atoms with Gasteiger partial charge in [0.05, 0.1) is 24.3 Å². The summed E-state index contributed by atoms with van der Waals surface area (Å²) in [5.74, 6) is 1.01. The lowest BCUT2D eigenvalue weighted by atomic mass is 10.00. The highest BCUT2D eigenvalue weighted by atomic mass is 16.3. The zero-order valence-electron chi connectivity index (χ0n) is 11.3. The Morgan fingerprint density at radius 3 is 2.70 bits per heavy atom. The first-order chi connectivity index (χ1) is 9.88. The van der Waals surface area contributed by atoms with Crippen molar-refractivity contribution in [2.75, 3.05) is 0 Å². The van der Waals surface area contributed by atoms with Crippen LogP contribution in [0.15, 0.2) is 53.1 Å². The van der Waals surface area contributed by atoms with Crippen molar-refractivity contribution in [1.29, 1.82) is 5.26 Å². The smallest absolute Gasteiger partial charge is 0.125 e. The lowest BCUT2D eigenvalue weighted by molar-refractivity contribution is 0.382. The van der Waals surface area contributed by atoms with E-state index in [1.54, 1.807) is 6.26 Å². The maximum Gasteiger partial charge on any atom is 0.125 e. The van der Waals surface area contributed by atoms with Gasteiger partial charge in [-0.2, -0.15) is 5.26 Å². The average Bonchev–Trinajstić information content (AvgIpc) is 3.16. The van der Waals surface area contributed by atoms with E-state index in [9.17, 15) is 5.26 Å². The van der Waals surface area contributed by atoms with Gasteiger partial charge in [-0.15, -0.1) is 0 Å². The van der Waals surface area contributed by atoms with Crippen molar-refractivity contribution in [2.24, 2.45) is 5.92 Å². The number of nitrogens with zero attached hydrogens (tertiary/aromatic N) is 1. The van der Waals surface area contributed by atoms with Gasteiger partial charge in [0, 0.05) is 6.04 Å². The largest absolute Gasteiger partial charge is 0.467 e. The van der Waals surface area contributed by atoms with Crippen LogP contribution in [-0.4, -0.2) is 6.04 Å². The standard InChI is InChI=1S/C17H18N2O/c18-12-14-8-4-9-15(14)19-17(16-10-5-11-20-16)13-6-2-1-3-7-13/h1-3,5-7,10-11,14-15,17,19H,4,8-9H2. The molecule has 102 valence electrons. The number of furan rings is 1. The van der Waals surface area contributed by atoms with E-state index in [0.717, 1.165) is 25.0 Å². The van der Waals surface area contributed by atoms with Gasteiger partial charge in [-0.25, -0.2) is 0 Å². The Morgan fingerprint density at radius 2 is 2.00 bits per heavy atom. The molecule has 0 radical (unpaired) electrons. The highest BCUT2D eigenvalue weighted by Crippen LogP contribution is 2.30. The second-order valence-electron chi connectivity index (χ2n) is 5.30. The van der Waals surface area contributed by atoms with E-state index in [-0.39, 0.29) is 18.0 Å². The molecular formula is C17H18N2O. The molecule has 1 N–H and O–H groups in total. The zero-order valence-corrected chi connectivity index (χ0v) is 11.3. The molecule has 1 heterocycles. The number of hydrogen-bond donors (Lipinski definition) is 1. The molecular weight excluding hydrogens is 248 g/mol. The summed E-state index contributed by atoms with van der Waals surface area (Å²) in [6, 6.07) is 16.8. The van der Waals surface area contributed by atoms with Crippen molar-refractivity contribution < 1.29 is 4.42 Å². The molecule has 3 nitrogen and oxygen atoms in total. The first kappa shape index (κ1) is 13.0. The Labute approximate surface area is 119 Å². The highest BCUT2D eigenvalue weighted by Gasteiger charge is 2.30. The van der Waals surface area contributed by atoms with Crippen molar-refractivity contribution in [3.8, 4) is 6.07 Å². The third-order valence-corrected chi connectivity index (χ3v) is 4.02. The Balaban J connectivity index is 1.86. The molecule has 1 fully saturated rings. The maximum atomic E-state index is 9.24. The van der Waals surface area contributed by atoms with Crippen LogP contribution in [0.5, 0.6) is 0 Å². The van der Waals surface area contributed by atoms with E-state index in [4.69, 9.17) is 4.42 Å². The Hall–Kier alpha value is -2.05. The topological polar surface area (TPSA) is 49.0 Å². The van der Waals surface area contributed by atoms with E-state index in [2.05, 4.69) is 23.5 Å². The molecule has 3 heteroatoms. The molecule has 1 aliphatic carbocycles. The van der Waals surface area contributed by atoms with Gasteiger partial charge in [-0.1, -0.05) is 36.8 Å². The van der Waals surface area contributed by atoms with Crippen LogP contribution in [0.3, 0.4) is 0 Å². The van der Waals surface area contributed by atoms with Crippen molar-refractivity contribution in [1.82, 2.24) is 5.32 Å². The molecule has 1 saturated carbocycles. The fourth-order valence-corrected chi connectivity index (χ4v) is 2.97. The van der Waals surface area contributed by atoms with Crippen LogP contribution in [0.25, 0.3) is 0 Å². The summed E-state index contributed by atoms with van der Waals surface area (Å²) in [7, 11) is 0. The number of nitrogens with one attached hydrogen (secondary N) is 1. The fraction of sp³-hybridized carbons (Fsp3) is 0.353. The van der Waals surface area contributed by atoms with Gasteiger partial charge in [-0.05, 0) is 30.5 Å². The predicted molar refractivity (Wildman–Crippen MR) is 76.9 cm³/mol. The van der Waals surface area contributed by atoms with Gasteiger partial charge < -0.3 is 4.42 Å². The van der Waals surface area contributed by atoms with Crippen LogP contribution in [-0.2, 0) is 0 Å². The van der Waals surface area contributed by atoms with E-state index in [0.29, 0.717) is 0 Å². The Kier molecular flexibility index (Phi) is 3.85. The van der Waals surface area contributed by atoms with E-state index in [1.807, 2.05) is 30.3 Å². The highest BCUT2D eigenvalue weighted by molar-refractivity contribution is 5.27. The summed E-state index contributed by atoms with van der Waals surface area (Å²) < 4.78 is 5.58. The van der Waals surface area contributed by atoms with Gasteiger partial charge in [0.2, 0.25) is 0 Å². The summed E-state index contributed by atoms with van der Waals surface area (Å²) in [4.78, 5) is 0. The average molecular weight is 266 g/mol. The lowest BCUT2D eigenvalue weighted by Crippen LogP contribution is -2.35. The van der Waals surface area contributed by atoms with Crippen molar-refractivity contribution in [2.45, 2.75) is 31.3 Å². The third kappa shape index (κ3) is 2.61. The summed E-state index contributed by atoms with van der Waals surface area (Å²) in [5, 5.41) is 12.9. The number of nitriles is 1. The molecule has 20 heavy (non-hydrogen) atoms. The molecule has 0 aliphatic heterocycles. The molecule has 3 rings (SSSR count). The lowest BCUT2D eigenvalue weighted by Gasteiger charge is -2.23. The van der Waals surface area contributed by atoms with Gasteiger partial charge in [0.1, 0.15) is 5.76 Å². The van der Waals surface area contributed by atoms with Crippen LogP contribution < -0.4 is 5.32 Å². The fourth-order valence-electron chi connectivity index (χ4n) is 2.97. The summed E-state index contributed by atoms with van der Waals surface area (Å²) in [6.07, 6.45) is 4.87. The molecule has 2 aromatic rings. The molecule has 3 atom stereocenters. The zero-order chi connectivity index (χ0) is 13.8. The molecule has 3 unspecified atom stereocenters. The quantitative estimate of drug-likeness (QED) is 0.919. The molecule has 0 spiro atoms. The van der Waals surface area contributed by atoms with Crippen LogP contribution in [0.1, 0.15) is 36.6 Å². The minimum atomic E-state index is 0.0187. The second-order valence-corrected chi connectivity index (χ2v) is 5.30. The monoisotopic (exact) mass is 266 g/mol. The first-order valence-corrected chi connectivity index (χ1v) is 7.12. The van der Waals surface area contributed by atoms with Gasteiger partial charge in [0.15, 0.2) is 0 Å². The Morgan fingerprint density at radius 1 is 1.15 bits per heavy atom. The predicted octanol–water partition coefficient (Wildman–Crippen LogP) is 3.65.